The van der Waals surface area contributed by atoms with Crippen LogP contribution in [0.5, 0.6) is 0 Å². The average molecular weight is 630 g/mol. The van der Waals surface area contributed by atoms with Gasteiger partial charge >= 0.3 is 0 Å². The predicted octanol–water partition coefficient (Wildman–Crippen LogP) is 10.5. The van der Waals surface area contributed by atoms with Gasteiger partial charge in [-0.1, -0.05) is 153 Å². The summed E-state index contributed by atoms with van der Waals surface area (Å²) in [6.45, 7) is 4.60. The predicted molar refractivity (Wildman–Crippen MR) is 198 cm³/mol. The van der Waals surface area contributed by atoms with Crippen LogP contribution in [0.2, 0.25) is 0 Å². The number of hydrogen-bond acceptors (Lipinski definition) is 5. The van der Waals surface area contributed by atoms with Crippen molar-refractivity contribution < 1.29 is 0 Å². The molecule has 6 aromatic carbocycles. The van der Waals surface area contributed by atoms with E-state index in [2.05, 4.69) is 92.7 Å². The Bertz CT molecular complexity index is 2450. The Labute approximate surface area is 285 Å². The van der Waals surface area contributed by atoms with Crippen LogP contribution in [0.25, 0.3) is 78.8 Å². The SMILES string of the molecule is CC1(C)c2ccccc2-c2ccc(-c3nc(-c4ccc(-c5nc(-c6ccccc6)nc(-c6ccccc6)n5)cc4)c4ccccc4n3)cc21. The summed E-state index contributed by atoms with van der Waals surface area (Å²) in [5.74, 6) is 2.61. The molecule has 0 spiro atoms. The van der Waals surface area contributed by atoms with Gasteiger partial charge in [0.15, 0.2) is 23.3 Å². The average Bonchev–Trinajstić information content (AvgIpc) is 3.40. The minimum Gasteiger partial charge on any atom is -0.228 e. The fraction of sp³-hybridized carbons (Fsp3) is 0.0682. The second-order valence-electron chi connectivity index (χ2n) is 13.0. The maximum Gasteiger partial charge on any atom is 0.164 e. The largest absolute Gasteiger partial charge is 0.228 e. The van der Waals surface area contributed by atoms with Crippen molar-refractivity contribution >= 4 is 10.9 Å². The van der Waals surface area contributed by atoms with Crippen molar-refractivity contribution in [3.05, 3.63) is 163 Å². The lowest BCUT2D eigenvalue weighted by Gasteiger charge is -2.21. The second-order valence-corrected chi connectivity index (χ2v) is 13.0. The minimum absolute atomic E-state index is 0.104. The first kappa shape index (κ1) is 28.9. The molecule has 0 unspecified atom stereocenters. The summed E-state index contributed by atoms with van der Waals surface area (Å²) in [6, 6.07) is 52.0. The molecule has 0 radical (unpaired) electrons. The number of hydrogen-bond donors (Lipinski definition) is 0. The summed E-state index contributed by atoms with van der Waals surface area (Å²) in [5.41, 5.74) is 11.7. The van der Waals surface area contributed by atoms with Gasteiger partial charge in [0.25, 0.3) is 0 Å². The van der Waals surface area contributed by atoms with Crippen LogP contribution in [0.1, 0.15) is 25.0 Å². The maximum atomic E-state index is 5.22. The van der Waals surface area contributed by atoms with E-state index in [1.54, 1.807) is 0 Å². The first-order valence-electron chi connectivity index (χ1n) is 16.5. The molecule has 2 heterocycles. The number of nitrogens with zero attached hydrogens (tertiary/aromatic N) is 5. The lowest BCUT2D eigenvalue weighted by molar-refractivity contribution is 0.660. The highest BCUT2D eigenvalue weighted by Gasteiger charge is 2.35. The van der Waals surface area contributed by atoms with Gasteiger partial charge < -0.3 is 0 Å². The smallest absolute Gasteiger partial charge is 0.164 e. The molecule has 0 atom stereocenters. The molecule has 9 rings (SSSR count). The summed E-state index contributed by atoms with van der Waals surface area (Å²) in [5, 5.41) is 1.01. The molecule has 0 amide bonds. The van der Waals surface area contributed by atoms with Crippen molar-refractivity contribution in [2.45, 2.75) is 19.3 Å². The molecule has 0 saturated heterocycles. The zero-order valence-corrected chi connectivity index (χ0v) is 27.2. The Morgan fingerprint density at radius 3 is 1.53 bits per heavy atom. The van der Waals surface area contributed by atoms with Crippen LogP contribution in [0.3, 0.4) is 0 Å². The van der Waals surface area contributed by atoms with E-state index in [-0.39, 0.29) is 5.41 Å². The van der Waals surface area contributed by atoms with E-state index >= 15 is 0 Å². The van der Waals surface area contributed by atoms with Crippen molar-refractivity contribution in [2.24, 2.45) is 0 Å². The Hall–Kier alpha value is -6.33. The number of rotatable bonds is 5. The molecular weight excluding hydrogens is 599 g/mol. The topological polar surface area (TPSA) is 64.5 Å². The summed E-state index contributed by atoms with van der Waals surface area (Å²) in [4.78, 5) is 24.9. The van der Waals surface area contributed by atoms with E-state index in [9.17, 15) is 0 Å². The zero-order valence-electron chi connectivity index (χ0n) is 27.2. The highest BCUT2D eigenvalue weighted by Crippen LogP contribution is 2.49. The van der Waals surface area contributed by atoms with Crippen LogP contribution in [0, 0.1) is 0 Å². The van der Waals surface area contributed by atoms with Gasteiger partial charge in [-0.05, 0) is 34.4 Å². The molecule has 1 aliphatic rings. The van der Waals surface area contributed by atoms with E-state index in [4.69, 9.17) is 24.9 Å². The molecule has 0 N–H and O–H groups in total. The fourth-order valence-corrected chi connectivity index (χ4v) is 6.98. The van der Waals surface area contributed by atoms with Gasteiger partial charge in [0, 0.05) is 38.6 Å². The van der Waals surface area contributed by atoms with Crippen molar-refractivity contribution in [1.29, 1.82) is 0 Å². The standard InChI is InChI=1S/C44H31N5/c1-44(2)36-19-11-9-17-33(36)34-26-25-32(27-37(34)44)43-45-38-20-12-10-18-35(38)39(46-43)28-21-23-31(24-22-28)42-48-40(29-13-5-3-6-14-29)47-41(49-42)30-15-7-4-8-16-30/h3-27H,1-2H3. The highest BCUT2D eigenvalue weighted by atomic mass is 15.0. The molecular formula is C44H31N5. The van der Waals surface area contributed by atoms with Gasteiger partial charge in [0.2, 0.25) is 0 Å². The van der Waals surface area contributed by atoms with Crippen LogP contribution in [-0.4, -0.2) is 24.9 Å². The Morgan fingerprint density at radius 2 is 0.857 bits per heavy atom. The zero-order chi connectivity index (χ0) is 33.0. The van der Waals surface area contributed by atoms with Gasteiger partial charge in [-0.3, -0.25) is 0 Å². The van der Waals surface area contributed by atoms with E-state index in [0.717, 1.165) is 44.4 Å². The Balaban J connectivity index is 1.13. The van der Waals surface area contributed by atoms with Gasteiger partial charge in [-0.15, -0.1) is 0 Å². The fourth-order valence-electron chi connectivity index (χ4n) is 6.98. The lowest BCUT2D eigenvalue weighted by atomic mass is 9.82. The van der Waals surface area contributed by atoms with Crippen molar-refractivity contribution in [2.75, 3.05) is 0 Å². The second kappa shape index (κ2) is 11.4. The number of fused-ring (bicyclic) bond motifs is 4. The first-order chi connectivity index (χ1) is 24.0. The lowest BCUT2D eigenvalue weighted by Crippen LogP contribution is -2.15. The van der Waals surface area contributed by atoms with Gasteiger partial charge in [-0.25, -0.2) is 24.9 Å². The molecule has 2 aromatic heterocycles. The molecule has 0 bridgehead atoms. The van der Waals surface area contributed by atoms with Crippen LogP contribution in [-0.2, 0) is 5.41 Å². The maximum absolute atomic E-state index is 5.22. The summed E-state index contributed by atoms with van der Waals surface area (Å²) in [6.07, 6.45) is 0. The van der Waals surface area contributed by atoms with E-state index in [1.807, 2.05) is 72.8 Å². The molecule has 0 aliphatic heterocycles. The van der Waals surface area contributed by atoms with Gasteiger partial charge in [0.05, 0.1) is 11.2 Å². The number of para-hydroxylation sites is 1. The van der Waals surface area contributed by atoms with E-state index in [1.165, 1.54) is 22.3 Å². The summed E-state index contributed by atoms with van der Waals surface area (Å²) in [7, 11) is 0. The quantitative estimate of drug-likeness (QED) is 0.190. The third-order valence-corrected chi connectivity index (χ3v) is 9.56. The third-order valence-electron chi connectivity index (χ3n) is 9.56. The molecule has 5 nitrogen and oxygen atoms in total. The first-order valence-corrected chi connectivity index (χ1v) is 16.5. The minimum atomic E-state index is -0.104. The molecule has 0 saturated carbocycles. The molecule has 49 heavy (non-hydrogen) atoms. The number of benzene rings is 6. The van der Waals surface area contributed by atoms with Gasteiger partial charge in [-0.2, -0.15) is 0 Å². The Morgan fingerprint density at radius 1 is 0.367 bits per heavy atom. The third kappa shape index (κ3) is 4.99. The number of aromatic nitrogens is 5. The van der Waals surface area contributed by atoms with Gasteiger partial charge in [0.1, 0.15) is 0 Å². The normalized spacial score (nSPS) is 12.9. The van der Waals surface area contributed by atoms with Crippen molar-refractivity contribution in [3.8, 4) is 67.9 Å². The summed E-state index contributed by atoms with van der Waals surface area (Å²) < 4.78 is 0. The summed E-state index contributed by atoms with van der Waals surface area (Å²) >= 11 is 0. The molecule has 1 aliphatic carbocycles. The molecule has 8 aromatic rings. The van der Waals surface area contributed by atoms with Crippen molar-refractivity contribution in [3.63, 3.8) is 0 Å². The van der Waals surface area contributed by atoms with Crippen LogP contribution in [0.15, 0.2) is 152 Å². The molecule has 0 fully saturated rings. The Kier molecular flexibility index (Phi) is 6.73. The molecule has 232 valence electrons. The van der Waals surface area contributed by atoms with E-state index < -0.39 is 0 Å². The van der Waals surface area contributed by atoms with Crippen molar-refractivity contribution in [1.82, 2.24) is 24.9 Å². The van der Waals surface area contributed by atoms with E-state index in [0.29, 0.717) is 23.3 Å². The monoisotopic (exact) mass is 629 g/mol. The van der Waals surface area contributed by atoms with Crippen LogP contribution < -0.4 is 0 Å². The van der Waals surface area contributed by atoms with Crippen LogP contribution >= 0.6 is 0 Å². The van der Waals surface area contributed by atoms with Crippen LogP contribution in [0.4, 0.5) is 0 Å². The highest BCUT2D eigenvalue weighted by molar-refractivity contribution is 5.94. The molecule has 5 heteroatoms.